The van der Waals surface area contributed by atoms with Gasteiger partial charge in [-0.3, -0.25) is 10.7 Å². The van der Waals surface area contributed by atoms with Crippen molar-refractivity contribution in [2.45, 2.75) is 0 Å². The van der Waals surface area contributed by atoms with E-state index in [-0.39, 0.29) is 11.7 Å². The van der Waals surface area contributed by atoms with Crippen molar-refractivity contribution in [3.8, 4) is 0 Å². The summed E-state index contributed by atoms with van der Waals surface area (Å²) in [5, 5.41) is 9.28. The normalized spacial score (nSPS) is 11.8. The highest BCUT2D eigenvalue weighted by Gasteiger charge is 2.10. The second kappa shape index (κ2) is 5.06. The fraction of sp³-hybridized carbons (Fsp3) is 0. The Morgan fingerprint density at radius 1 is 1.20 bits per heavy atom. The maximum Gasteiger partial charge on any atom is 0.178 e. The molecule has 0 unspecified atom stereocenters. The maximum absolute atomic E-state index is 12.9. The van der Waals surface area contributed by atoms with Crippen LogP contribution in [0.25, 0.3) is 11.2 Å². The summed E-state index contributed by atoms with van der Waals surface area (Å²) >= 11 is 0. The molecule has 7 heteroatoms. The second-order valence-electron chi connectivity index (χ2n) is 4.01. The molecule has 2 heterocycles. The molecule has 0 atom stereocenters. The number of halogens is 1. The smallest absolute Gasteiger partial charge is 0.178 e. The Balaban J connectivity index is 2.09. The molecule has 6 nitrogen and oxygen atoms in total. The third-order valence-electron chi connectivity index (χ3n) is 2.76. The molecule has 100 valence electrons. The van der Waals surface area contributed by atoms with Gasteiger partial charge in [-0.05, 0) is 30.3 Å². The van der Waals surface area contributed by atoms with Crippen LogP contribution in [0.4, 0.5) is 10.1 Å². The number of benzene rings is 1. The molecule has 0 amide bonds. The van der Waals surface area contributed by atoms with Crippen LogP contribution in [0.1, 0.15) is 5.56 Å². The lowest BCUT2D eigenvalue weighted by molar-refractivity contribution is 0.235. The zero-order chi connectivity index (χ0) is 13.9. The molecular formula is C13H10FN5O. The number of hydroxylamine groups is 1. The van der Waals surface area contributed by atoms with Crippen molar-refractivity contribution >= 4 is 22.7 Å². The van der Waals surface area contributed by atoms with E-state index in [1.165, 1.54) is 30.6 Å². The number of imidazole rings is 1. The minimum atomic E-state index is -0.345. The number of pyridine rings is 1. The Bertz CT molecular complexity index is 766. The number of nitrogens with zero attached hydrogens (tertiary/aromatic N) is 3. The Morgan fingerprint density at radius 3 is 2.75 bits per heavy atom. The number of aliphatic imine (C=N–C) groups is 1. The number of H-pyrrole nitrogens is 1. The van der Waals surface area contributed by atoms with Crippen LogP contribution >= 0.6 is 0 Å². The predicted octanol–water partition coefficient (Wildman–Crippen LogP) is 2.15. The fourth-order valence-electron chi connectivity index (χ4n) is 1.84. The molecule has 0 aliphatic heterocycles. The first-order valence-corrected chi connectivity index (χ1v) is 5.81. The number of amidine groups is 1. The molecule has 0 radical (unpaired) electrons. The van der Waals surface area contributed by atoms with Crippen molar-refractivity contribution < 1.29 is 9.60 Å². The molecule has 0 saturated heterocycles. The maximum atomic E-state index is 12.9. The SMILES string of the molecule is ONC(=Nc1ccc(F)cc1)c1ccnc2nc[nH]c12. The Hall–Kier alpha value is -2.80. The van der Waals surface area contributed by atoms with E-state index >= 15 is 0 Å². The monoisotopic (exact) mass is 271 g/mol. The van der Waals surface area contributed by atoms with E-state index in [4.69, 9.17) is 0 Å². The number of aromatic amines is 1. The number of aromatic nitrogens is 3. The molecule has 0 bridgehead atoms. The van der Waals surface area contributed by atoms with Crippen LogP contribution in [0, 0.1) is 5.82 Å². The molecule has 3 N–H and O–H groups in total. The minimum Gasteiger partial charge on any atom is -0.343 e. The van der Waals surface area contributed by atoms with Crippen LogP contribution < -0.4 is 5.48 Å². The van der Waals surface area contributed by atoms with E-state index in [2.05, 4.69) is 19.9 Å². The van der Waals surface area contributed by atoms with Gasteiger partial charge in [0.2, 0.25) is 0 Å². The summed E-state index contributed by atoms with van der Waals surface area (Å²) in [5.41, 5.74) is 4.33. The van der Waals surface area contributed by atoms with E-state index in [1.54, 1.807) is 12.3 Å². The highest BCUT2D eigenvalue weighted by Crippen LogP contribution is 2.17. The molecule has 20 heavy (non-hydrogen) atoms. The van der Waals surface area contributed by atoms with E-state index < -0.39 is 0 Å². The zero-order valence-electron chi connectivity index (χ0n) is 10.2. The van der Waals surface area contributed by atoms with E-state index in [0.717, 1.165) is 0 Å². The largest absolute Gasteiger partial charge is 0.343 e. The molecule has 3 rings (SSSR count). The number of nitrogens with one attached hydrogen (secondary N) is 2. The molecule has 1 aromatic carbocycles. The quantitative estimate of drug-likeness (QED) is 0.378. The summed E-state index contributed by atoms with van der Waals surface area (Å²) in [6.07, 6.45) is 3.07. The van der Waals surface area contributed by atoms with E-state index in [0.29, 0.717) is 22.4 Å². The van der Waals surface area contributed by atoms with Gasteiger partial charge in [-0.25, -0.2) is 19.4 Å². The van der Waals surface area contributed by atoms with Crippen LogP contribution in [0.2, 0.25) is 0 Å². The predicted molar refractivity (Wildman–Crippen MR) is 71.4 cm³/mol. The first-order chi connectivity index (χ1) is 9.78. The van der Waals surface area contributed by atoms with Crippen LogP contribution in [0.15, 0.2) is 47.8 Å². The lowest BCUT2D eigenvalue weighted by Gasteiger charge is -2.05. The summed E-state index contributed by atoms with van der Waals surface area (Å²) < 4.78 is 12.9. The Morgan fingerprint density at radius 2 is 2.00 bits per heavy atom. The third kappa shape index (κ3) is 2.21. The fourth-order valence-corrected chi connectivity index (χ4v) is 1.84. The standard InChI is InChI=1S/C13H10FN5O/c14-8-1-3-9(4-2-8)18-12(19-20)10-5-6-15-13-11(10)16-7-17-13/h1-7,20H,(H,18,19)(H,15,16,17). The van der Waals surface area contributed by atoms with Gasteiger partial charge in [0.25, 0.3) is 0 Å². The summed E-state index contributed by atoms with van der Waals surface area (Å²) in [4.78, 5) is 15.3. The molecule has 2 aromatic heterocycles. The van der Waals surface area contributed by atoms with Gasteiger partial charge in [0.1, 0.15) is 5.82 Å². The number of rotatable bonds is 2. The van der Waals surface area contributed by atoms with Crippen LogP contribution in [-0.4, -0.2) is 26.0 Å². The minimum absolute atomic E-state index is 0.216. The van der Waals surface area contributed by atoms with Gasteiger partial charge in [-0.1, -0.05) is 0 Å². The van der Waals surface area contributed by atoms with Crippen molar-refractivity contribution in [2.24, 2.45) is 4.99 Å². The van der Waals surface area contributed by atoms with Crippen LogP contribution in [0.3, 0.4) is 0 Å². The highest BCUT2D eigenvalue weighted by molar-refractivity contribution is 6.07. The molecule has 0 aliphatic rings. The molecule has 3 aromatic rings. The lowest BCUT2D eigenvalue weighted by Crippen LogP contribution is -2.20. The molecular weight excluding hydrogens is 261 g/mol. The van der Waals surface area contributed by atoms with Gasteiger partial charge < -0.3 is 4.98 Å². The Kier molecular flexibility index (Phi) is 3.10. The van der Waals surface area contributed by atoms with Crippen LogP contribution in [-0.2, 0) is 0 Å². The second-order valence-corrected chi connectivity index (χ2v) is 4.01. The van der Waals surface area contributed by atoms with Crippen molar-refractivity contribution in [1.82, 2.24) is 20.4 Å². The first kappa shape index (κ1) is 12.2. The average Bonchev–Trinajstić information content (AvgIpc) is 2.95. The van der Waals surface area contributed by atoms with Crippen molar-refractivity contribution in [3.63, 3.8) is 0 Å². The van der Waals surface area contributed by atoms with Crippen molar-refractivity contribution in [2.75, 3.05) is 0 Å². The molecule has 0 aliphatic carbocycles. The summed E-state index contributed by atoms with van der Waals surface area (Å²) in [6.45, 7) is 0. The van der Waals surface area contributed by atoms with Gasteiger partial charge in [0.15, 0.2) is 11.5 Å². The van der Waals surface area contributed by atoms with Gasteiger partial charge in [-0.2, -0.15) is 0 Å². The Labute approximate surface area is 113 Å². The first-order valence-electron chi connectivity index (χ1n) is 5.81. The summed E-state index contributed by atoms with van der Waals surface area (Å²) in [6, 6.07) is 7.31. The molecule has 0 saturated carbocycles. The zero-order valence-corrected chi connectivity index (χ0v) is 10.2. The topological polar surface area (TPSA) is 86.2 Å². The molecule has 0 spiro atoms. The number of fused-ring (bicyclic) bond motifs is 1. The van der Waals surface area contributed by atoms with Crippen molar-refractivity contribution in [1.29, 1.82) is 0 Å². The van der Waals surface area contributed by atoms with Crippen LogP contribution in [0.5, 0.6) is 0 Å². The van der Waals surface area contributed by atoms with Gasteiger partial charge in [0, 0.05) is 11.8 Å². The van der Waals surface area contributed by atoms with Gasteiger partial charge >= 0.3 is 0 Å². The summed E-state index contributed by atoms with van der Waals surface area (Å²) in [7, 11) is 0. The third-order valence-corrected chi connectivity index (χ3v) is 2.76. The number of hydrogen-bond acceptors (Lipinski definition) is 4. The van der Waals surface area contributed by atoms with E-state index in [9.17, 15) is 9.60 Å². The van der Waals surface area contributed by atoms with Gasteiger partial charge in [-0.15, -0.1) is 0 Å². The lowest BCUT2D eigenvalue weighted by atomic mass is 10.2. The van der Waals surface area contributed by atoms with Crippen molar-refractivity contribution in [3.05, 3.63) is 54.2 Å². The van der Waals surface area contributed by atoms with E-state index in [1.807, 2.05) is 5.48 Å². The highest BCUT2D eigenvalue weighted by atomic mass is 19.1. The average molecular weight is 271 g/mol. The molecule has 0 fully saturated rings. The number of hydrogen-bond donors (Lipinski definition) is 3. The van der Waals surface area contributed by atoms with Gasteiger partial charge in [0.05, 0.1) is 17.5 Å². The summed E-state index contributed by atoms with van der Waals surface area (Å²) in [5.74, 6) is -0.129.